The minimum Gasteiger partial charge on any atom is -0.352 e. The number of amides is 2. The first kappa shape index (κ1) is 26.3. The highest BCUT2D eigenvalue weighted by Crippen LogP contribution is 2.20. The van der Waals surface area contributed by atoms with Crippen LogP contribution in [0.25, 0.3) is 0 Å². The number of rotatable bonds is 10. The van der Waals surface area contributed by atoms with Crippen molar-refractivity contribution in [3.05, 3.63) is 65.5 Å². The number of aryl methyl sites for hydroxylation is 1. The normalized spacial score (nSPS) is 12.3. The lowest BCUT2D eigenvalue weighted by Crippen LogP contribution is -2.53. The van der Waals surface area contributed by atoms with Crippen LogP contribution in [0.4, 0.5) is 10.1 Å². The SMILES string of the molecule is CC[C@@H](C(=O)NC(C)C)N(Cc1cccc(C)c1)C(=O)CN(c1ccc(F)cc1)S(C)(=O)=O. The zero-order valence-electron chi connectivity index (χ0n) is 19.7. The van der Waals surface area contributed by atoms with Gasteiger partial charge in [-0.2, -0.15) is 0 Å². The molecule has 180 valence electrons. The minimum absolute atomic E-state index is 0.116. The third kappa shape index (κ3) is 7.56. The Labute approximate surface area is 195 Å². The molecule has 0 spiro atoms. The summed E-state index contributed by atoms with van der Waals surface area (Å²) in [5.41, 5.74) is 2.00. The van der Waals surface area contributed by atoms with Gasteiger partial charge in [-0.25, -0.2) is 12.8 Å². The van der Waals surface area contributed by atoms with E-state index in [1.807, 2.05) is 45.0 Å². The molecular weight excluding hydrogens is 445 g/mol. The van der Waals surface area contributed by atoms with Crippen LogP contribution < -0.4 is 9.62 Å². The molecular formula is C24H32FN3O4S. The summed E-state index contributed by atoms with van der Waals surface area (Å²) in [4.78, 5) is 27.8. The minimum atomic E-state index is -3.85. The summed E-state index contributed by atoms with van der Waals surface area (Å²) in [6, 6.07) is 11.5. The zero-order chi connectivity index (χ0) is 24.8. The zero-order valence-corrected chi connectivity index (χ0v) is 20.5. The van der Waals surface area contributed by atoms with Gasteiger partial charge in [0.25, 0.3) is 0 Å². The maximum Gasteiger partial charge on any atom is 0.244 e. The number of carbonyl (C=O) groups excluding carboxylic acids is 2. The Kier molecular flexibility index (Phi) is 8.99. The van der Waals surface area contributed by atoms with Crippen LogP contribution in [0.5, 0.6) is 0 Å². The molecule has 0 radical (unpaired) electrons. The Bertz CT molecular complexity index is 1070. The Morgan fingerprint density at radius 2 is 1.73 bits per heavy atom. The predicted octanol–water partition coefficient (Wildman–Crippen LogP) is 3.23. The molecule has 0 aliphatic heterocycles. The maximum absolute atomic E-state index is 13.5. The van der Waals surface area contributed by atoms with Crippen molar-refractivity contribution < 1.29 is 22.4 Å². The highest BCUT2D eigenvalue weighted by atomic mass is 32.2. The van der Waals surface area contributed by atoms with Gasteiger partial charge in [-0.3, -0.25) is 13.9 Å². The van der Waals surface area contributed by atoms with Gasteiger partial charge in [0.1, 0.15) is 18.4 Å². The lowest BCUT2D eigenvalue weighted by atomic mass is 10.1. The molecule has 33 heavy (non-hydrogen) atoms. The molecule has 0 heterocycles. The summed E-state index contributed by atoms with van der Waals surface area (Å²) in [6.07, 6.45) is 1.34. The van der Waals surface area contributed by atoms with Crippen LogP contribution >= 0.6 is 0 Å². The molecule has 9 heteroatoms. The van der Waals surface area contributed by atoms with Gasteiger partial charge in [-0.05, 0) is 57.0 Å². The van der Waals surface area contributed by atoms with Gasteiger partial charge in [0.2, 0.25) is 21.8 Å². The van der Waals surface area contributed by atoms with Gasteiger partial charge in [0.15, 0.2) is 0 Å². The molecule has 0 unspecified atom stereocenters. The van der Waals surface area contributed by atoms with E-state index < -0.39 is 34.3 Å². The molecule has 1 atom stereocenters. The quantitative estimate of drug-likeness (QED) is 0.569. The lowest BCUT2D eigenvalue weighted by molar-refractivity contribution is -0.140. The summed E-state index contributed by atoms with van der Waals surface area (Å²) in [6.45, 7) is 7.02. The number of sulfonamides is 1. The van der Waals surface area contributed by atoms with Crippen LogP contribution in [0.15, 0.2) is 48.5 Å². The molecule has 0 aromatic heterocycles. The Hall–Kier alpha value is -2.94. The molecule has 0 bridgehead atoms. The highest BCUT2D eigenvalue weighted by molar-refractivity contribution is 7.92. The van der Waals surface area contributed by atoms with E-state index in [1.54, 1.807) is 6.92 Å². The number of benzene rings is 2. The highest BCUT2D eigenvalue weighted by Gasteiger charge is 2.32. The fourth-order valence-electron chi connectivity index (χ4n) is 3.53. The molecule has 0 aliphatic rings. The second-order valence-corrected chi connectivity index (χ2v) is 10.3. The first-order valence-electron chi connectivity index (χ1n) is 10.8. The van der Waals surface area contributed by atoms with Gasteiger partial charge in [0.05, 0.1) is 11.9 Å². The number of hydrogen-bond acceptors (Lipinski definition) is 4. The first-order chi connectivity index (χ1) is 15.4. The third-order valence-corrected chi connectivity index (χ3v) is 6.19. The largest absolute Gasteiger partial charge is 0.352 e. The number of anilines is 1. The lowest BCUT2D eigenvalue weighted by Gasteiger charge is -2.33. The Morgan fingerprint density at radius 1 is 1.09 bits per heavy atom. The molecule has 2 amide bonds. The van der Waals surface area contributed by atoms with Crippen LogP contribution in [0, 0.1) is 12.7 Å². The average Bonchev–Trinajstić information content (AvgIpc) is 2.71. The van der Waals surface area contributed by atoms with Crippen molar-refractivity contribution in [3.63, 3.8) is 0 Å². The standard InChI is InChI=1S/C24H32FN3O4S/c1-6-22(24(30)26-17(2)3)27(15-19-9-7-8-18(4)14-19)23(29)16-28(33(5,31)32)21-12-10-20(25)11-13-21/h7-14,17,22H,6,15-16H2,1-5H3,(H,26,30)/t22-/m0/s1. The smallest absolute Gasteiger partial charge is 0.244 e. The van der Waals surface area contributed by atoms with Crippen molar-refractivity contribution >= 4 is 27.5 Å². The summed E-state index contributed by atoms with van der Waals surface area (Å²) < 4.78 is 39.2. The van der Waals surface area contributed by atoms with E-state index in [4.69, 9.17) is 0 Å². The second kappa shape index (κ2) is 11.3. The van der Waals surface area contributed by atoms with Crippen LogP contribution in [0.1, 0.15) is 38.3 Å². The van der Waals surface area contributed by atoms with E-state index in [1.165, 1.54) is 17.0 Å². The molecule has 0 fully saturated rings. The van der Waals surface area contributed by atoms with Gasteiger partial charge in [-0.1, -0.05) is 36.8 Å². The van der Waals surface area contributed by atoms with Gasteiger partial charge in [-0.15, -0.1) is 0 Å². The number of nitrogens with zero attached hydrogens (tertiary/aromatic N) is 2. The fraction of sp³-hybridized carbons (Fsp3) is 0.417. The topological polar surface area (TPSA) is 86.8 Å². The number of hydrogen-bond donors (Lipinski definition) is 1. The monoisotopic (exact) mass is 477 g/mol. The molecule has 0 saturated heterocycles. The van der Waals surface area contributed by atoms with Crippen molar-refractivity contribution in [3.8, 4) is 0 Å². The van der Waals surface area contributed by atoms with Gasteiger partial charge in [0, 0.05) is 12.6 Å². The summed E-state index contributed by atoms with van der Waals surface area (Å²) in [7, 11) is -3.85. The molecule has 1 N–H and O–H groups in total. The molecule has 2 aromatic rings. The van der Waals surface area contributed by atoms with Crippen LogP contribution in [0.3, 0.4) is 0 Å². The number of nitrogens with one attached hydrogen (secondary N) is 1. The van der Waals surface area contributed by atoms with Crippen molar-refractivity contribution in [2.75, 3.05) is 17.1 Å². The second-order valence-electron chi connectivity index (χ2n) is 8.34. The summed E-state index contributed by atoms with van der Waals surface area (Å²) >= 11 is 0. The molecule has 2 rings (SSSR count). The van der Waals surface area contributed by atoms with Crippen LogP contribution in [0.2, 0.25) is 0 Å². The predicted molar refractivity (Wildman–Crippen MR) is 128 cm³/mol. The van der Waals surface area contributed by atoms with E-state index in [9.17, 15) is 22.4 Å². The van der Waals surface area contributed by atoms with E-state index in [-0.39, 0.29) is 24.2 Å². The van der Waals surface area contributed by atoms with E-state index >= 15 is 0 Å². The fourth-order valence-corrected chi connectivity index (χ4v) is 4.38. The van der Waals surface area contributed by atoms with Crippen molar-refractivity contribution in [2.24, 2.45) is 0 Å². The Morgan fingerprint density at radius 3 is 2.24 bits per heavy atom. The molecule has 0 aliphatic carbocycles. The number of carbonyl (C=O) groups is 2. The maximum atomic E-state index is 13.5. The summed E-state index contributed by atoms with van der Waals surface area (Å²) in [5, 5.41) is 2.84. The van der Waals surface area contributed by atoms with Crippen molar-refractivity contribution in [1.82, 2.24) is 10.2 Å². The van der Waals surface area contributed by atoms with E-state index in [0.717, 1.165) is 33.8 Å². The third-order valence-electron chi connectivity index (χ3n) is 5.05. The van der Waals surface area contributed by atoms with Crippen molar-refractivity contribution in [2.45, 2.75) is 52.7 Å². The van der Waals surface area contributed by atoms with E-state index in [2.05, 4.69) is 5.32 Å². The van der Waals surface area contributed by atoms with Crippen molar-refractivity contribution in [1.29, 1.82) is 0 Å². The molecule has 7 nitrogen and oxygen atoms in total. The first-order valence-corrected chi connectivity index (χ1v) is 12.7. The van der Waals surface area contributed by atoms with E-state index in [0.29, 0.717) is 6.42 Å². The number of halogens is 1. The van der Waals surface area contributed by atoms with Crippen LogP contribution in [-0.2, 0) is 26.2 Å². The molecule has 0 saturated carbocycles. The van der Waals surface area contributed by atoms with Crippen LogP contribution in [-0.4, -0.2) is 50.0 Å². The van der Waals surface area contributed by atoms with Gasteiger partial charge < -0.3 is 10.2 Å². The average molecular weight is 478 g/mol. The Balaban J connectivity index is 2.43. The summed E-state index contributed by atoms with van der Waals surface area (Å²) in [5.74, 6) is -1.35. The molecule has 2 aromatic carbocycles. The van der Waals surface area contributed by atoms with Gasteiger partial charge >= 0.3 is 0 Å².